The van der Waals surface area contributed by atoms with Gasteiger partial charge in [-0.05, 0) is 29.3 Å². The molecule has 23 heavy (non-hydrogen) atoms. The highest BCUT2D eigenvalue weighted by Gasteiger charge is 2.08. The maximum atomic E-state index is 4.39. The quantitative estimate of drug-likeness (QED) is 0.583. The second kappa shape index (κ2) is 5.61. The van der Waals surface area contributed by atoms with Gasteiger partial charge in [-0.2, -0.15) is 0 Å². The Morgan fingerprint density at radius 1 is 1.00 bits per heavy atom. The van der Waals surface area contributed by atoms with E-state index < -0.39 is 0 Å². The van der Waals surface area contributed by atoms with Gasteiger partial charge < -0.3 is 0 Å². The van der Waals surface area contributed by atoms with Gasteiger partial charge in [-0.25, -0.2) is 14.6 Å². The number of aromatic nitrogens is 5. The lowest BCUT2D eigenvalue weighted by molar-refractivity contribution is 0.652. The number of fused-ring (bicyclic) bond motifs is 1. The average Bonchev–Trinajstić information content (AvgIpc) is 3.04. The third-order valence-corrected chi connectivity index (χ3v) is 3.77. The molecule has 4 rings (SSSR count). The summed E-state index contributed by atoms with van der Waals surface area (Å²) in [6.07, 6.45) is 3.62. The third kappa shape index (κ3) is 2.68. The first-order chi connectivity index (χ1) is 11.3. The van der Waals surface area contributed by atoms with Crippen LogP contribution in [0.3, 0.4) is 0 Å². The fourth-order valence-corrected chi connectivity index (χ4v) is 2.66. The van der Waals surface area contributed by atoms with E-state index in [4.69, 9.17) is 0 Å². The largest absolute Gasteiger partial charge is 0.247 e. The lowest BCUT2D eigenvalue weighted by Crippen LogP contribution is -2.01. The first kappa shape index (κ1) is 13.6. The molecule has 112 valence electrons. The minimum Gasteiger partial charge on any atom is -0.247 e. The van der Waals surface area contributed by atoms with Gasteiger partial charge >= 0.3 is 0 Å². The summed E-state index contributed by atoms with van der Waals surface area (Å²) in [5, 5.41) is 10.9. The van der Waals surface area contributed by atoms with Crippen LogP contribution in [0.1, 0.15) is 11.3 Å². The monoisotopic (exact) mass is 301 g/mol. The predicted octanol–water partition coefficient (Wildman–Crippen LogP) is 3.25. The van der Waals surface area contributed by atoms with Gasteiger partial charge in [0.2, 0.25) is 0 Å². The van der Waals surface area contributed by atoms with Crippen molar-refractivity contribution in [2.24, 2.45) is 0 Å². The Morgan fingerprint density at radius 2 is 1.87 bits per heavy atom. The molecule has 0 radical (unpaired) electrons. The maximum Gasteiger partial charge on any atom is 0.181 e. The molecular formula is C18H15N5. The van der Waals surface area contributed by atoms with E-state index >= 15 is 0 Å². The van der Waals surface area contributed by atoms with Crippen LogP contribution in [0.4, 0.5) is 0 Å². The summed E-state index contributed by atoms with van der Waals surface area (Å²) in [6, 6.07) is 16.5. The van der Waals surface area contributed by atoms with Gasteiger partial charge in [0.05, 0.1) is 12.7 Å². The molecule has 0 aliphatic heterocycles. The molecule has 0 saturated heterocycles. The molecular weight excluding hydrogens is 286 g/mol. The molecule has 0 unspecified atom stereocenters. The summed E-state index contributed by atoms with van der Waals surface area (Å²) >= 11 is 0. The number of rotatable bonds is 3. The number of hydrogen-bond acceptors (Lipinski definition) is 4. The van der Waals surface area contributed by atoms with Gasteiger partial charge in [-0.15, -0.1) is 5.10 Å². The topological polar surface area (TPSA) is 56.5 Å². The predicted molar refractivity (Wildman–Crippen MR) is 88.8 cm³/mol. The molecule has 0 fully saturated rings. The lowest BCUT2D eigenvalue weighted by Gasteiger charge is -2.05. The van der Waals surface area contributed by atoms with Crippen LogP contribution >= 0.6 is 0 Å². The Balaban J connectivity index is 1.67. The van der Waals surface area contributed by atoms with E-state index in [1.54, 1.807) is 6.20 Å². The van der Waals surface area contributed by atoms with Crippen LogP contribution in [-0.4, -0.2) is 25.0 Å². The SMILES string of the molecule is Cc1ccnc(-c2cn(Cc3cccc4ccccc34)nn2)n1. The molecule has 0 bridgehead atoms. The molecule has 5 heteroatoms. The Morgan fingerprint density at radius 3 is 2.78 bits per heavy atom. The molecule has 2 aromatic heterocycles. The van der Waals surface area contributed by atoms with E-state index in [1.807, 2.05) is 23.9 Å². The molecule has 2 aromatic carbocycles. The lowest BCUT2D eigenvalue weighted by atomic mass is 10.0. The molecule has 2 heterocycles. The van der Waals surface area contributed by atoms with Crippen molar-refractivity contribution < 1.29 is 0 Å². The Bertz CT molecular complexity index is 968. The van der Waals surface area contributed by atoms with Crippen molar-refractivity contribution in [1.82, 2.24) is 25.0 Å². The molecule has 4 aromatic rings. The molecule has 0 atom stereocenters. The van der Waals surface area contributed by atoms with Crippen molar-refractivity contribution >= 4 is 10.8 Å². The van der Waals surface area contributed by atoms with Gasteiger partial charge in [-0.1, -0.05) is 47.7 Å². The van der Waals surface area contributed by atoms with E-state index in [0.717, 1.165) is 5.69 Å². The Kier molecular flexibility index (Phi) is 3.31. The first-order valence-corrected chi connectivity index (χ1v) is 7.46. The molecule has 0 spiro atoms. The fraction of sp³-hybridized carbons (Fsp3) is 0.111. The molecule has 0 saturated carbocycles. The Hall–Kier alpha value is -3.08. The standard InChI is InChI=1S/C18H15N5/c1-13-9-10-19-18(20-13)17-12-23(22-21-17)11-15-7-4-6-14-5-2-3-8-16(14)15/h2-10,12H,11H2,1H3. The Labute approximate surface area is 133 Å². The van der Waals surface area contributed by atoms with Gasteiger partial charge in [0.15, 0.2) is 5.82 Å². The van der Waals surface area contributed by atoms with Crippen LogP contribution < -0.4 is 0 Å². The zero-order chi connectivity index (χ0) is 15.6. The van der Waals surface area contributed by atoms with Crippen molar-refractivity contribution in [3.05, 3.63) is 72.2 Å². The smallest absolute Gasteiger partial charge is 0.181 e. The second-order valence-corrected chi connectivity index (χ2v) is 5.46. The average molecular weight is 301 g/mol. The summed E-state index contributed by atoms with van der Waals surface area (Å²) in [7, 11) is 0. The van der Waals surface area contributed by atoms with E-state index in [9.17, 15) is 0 Å². The summed E-state index contributed by atoms with van der Waals surface area (Å²) in [4.78, 5) is 8.64. The van der Waals surface area contributed by atoms with Crippen molar-refractivity contribution in [1.29, 1.82) is 0 Å². The van der Waals surface area contributed by atoms with E-state index in [1.165, 1.54) is 16.3 Å². The number of aryl methyl sites for hydroxylation is 1. The highest BCUT2D eigenvalue weighted by Crippen LogP contribution is 2.19. The molecule has 0 amide bonds. The number of benzene rings is 2. The molecule has 0 N–H and O–H groups in total. The zero-order valence-corrected chi connectivity index (χ0v) is 12.7. The first-order valence-electron chi connectivity index (χ1n) is 7.46. The van der Waals surface area contributed by atoms with Gasteiger partial charge in [0.25, 0.3) is 0 Å². The normalized spacial score (nSPS) is 11.0. The van der Waals surface area contributed by atoms with E-state index in [0.29, 0.717) is 18.1 Å². The van der Waals surface area contributed by atoms with Crippen molar-refractivity contribution in [2.45, 2.75) is 13.5 Å². The molecule has 5 nitrogen and oxygen atoms in total. The number of hydrogen-bond donors (Lipinski definition) is 0. The van der Waals surface area contributed by atoms with Gasteiger partial charge in [0.1, 0.15) is 5.69 Å². The minimum atomic E-state index is 0.606. The van der Waals surface area contributed by atoms with Gasteiger partial charge in [-0.3, -0.25) is 0 Å². The van der Waals surface area contributed by atoms with Crippen LogP contribution in [0.2, 0.25) is 0 Å². The molecule has 0 aliphatic rings. The highest BCUT2D eigenvalue weighted by atomic mass is 15.4. The van der Waals surface area contributed by atoms with E-state index in [2.05, 4.69) is 62.7 Å². The van der Waals surface area contributed by atoms with Crippen molar-refractivity contribution in [3.8, 4) is 11.5 Å². The van der Waals surface area contributed by atoms with Crippen LogP contribution in [-0.2, 0) is 6.54 Å². The number of nitrogens with zero attached hydrogens (tertiary/aromatic N) is 5. The second-order valence-electron chi connectivity index (χ2n) is 5.46. The highest BCUT2D eigenvalue weighted by molar-refractivity contribution is 5.85. The fourth-order valence-electron chi connectivity index (χ4n) is 2.66. The molecule has 0 aliphatic carbocycles. The zero-order valence-electron chi connectivity index (χ0n) is 12.7. The van der Waals surface area contributed by atoms with Crippen LogP contribution in [0.5, 0.6) is 0 Å². The van der Waals surface area contributed by atoms with Crippen molar-refractivity contribution in [2.75, 3.05) is 0 Å². The van der Waals surface area contributed by atoms with Gasteiger partial charge in [0, 0.05) is 11.9 Å². The van der Waals surface area contributed by atoms with E-state index in [-0.39, 0.29) is 0 Å². The third-order valence-electron chi connectivity index (χ3n) is 3.77. The van der Waals surface area contributed by atoms with Crippen LogP contribution in [0.25, 0.3) is 22.3 Å². The minimum absolute atomic E-state index is 0.606. The van der Waals surface area contributed by atoms with Crippen LogP contribution in [0.15, 0.2) is 60.9 Å². The maximum absolute atomic E-state index is 4.39. The van der Waals surface area contributed by atoms with Crippen LogP contribution in [0, 0.1) is 6.92 Å². The summed E-state index contributed by atoms with van der Waals surface area (Å²) in [5.41, 5.74) is 2.82. The summed E-state index contributed by atoms with van der Waals surface area (Å²) in [6.45, 7) is 2.60. The summed E-state index contributed by atoms with van der Waals surface area (Å²) < 4.78 is 1.82. The summed E-state index contributed by atoms with van der Waals surface area (Å²) in [5.74, 6) is 0.606. The van der Waals surface area contributed by atoms with Crippen molar-refractivity contribution in [3.63, 3.8) is 0 Å².